The Balaban J connectivity index is 1.96. The van der Waals surface area contributed by atoms with E-state index in [1.807, 2.05) is 0 Å². The molecule has 1 nitrogen and oxygen atoms in total. The number of hydrogen-bond acceptors (Lipinski definition) is 1. The Kier molecular flexibility index (Phi) is 3.27. The molecule has 0 bridgehead atoms. The summed E-state index contributed by atoms with van der Waals surface area (Å²) < 4.78 is 0. The molecule has 0 atom stereocenters. The van der Waals surface area contributed by atoms with Crippen molar-refractivity contribution in [1.29, 1.82) is 0 Å². The summed E-state index contributed by atoms with van der Waals surface area (Å²) in [5.41, 5.74) is 8.19. The van der Waals surface area contributed by atoms with Crippen molar-refractivity contribution in [2.24, 2.45) is 11.1 Å². The van der Waals surface area contributed by atoms with Crippen LogP contribution in [-0.2, 0) is 0 Å². The van der Waals surface area contributed by atoms with E-state index >= 15 is 0 Å². The van der Waals surface area contributed by atoms with Crippen LogP contribution < -0.4 is 5.73 Å². The van der Waals surface area contributed by atoms with E-state index in [2.05, 4.69) is 6.08 Å². The van der Waals surface area contributed by atoms with Crippen LogP contribution in [0.4, 0.5) is 0 Å². The van der Waals surface area contributed by atoms with Crippen molar-refractivity contribution < 1.29 is 0 Å². The highest BCUT2D eigenvalue weighted by Crippen LogP contribution is 2.42. The largest absolute Gasteiger partial charge is 0.330 e. The van der Waals surface area contributed by atoms with Gasteiger partial charge < -0.3 is 5.73 Å². The second-order valence-corrected chi connectivity index (χ2v) is 5.20. The molecule has 0 radical (unpaired) electrons. The molecular formula is C13H23N. The number of hydrogen-bond donors (Lipinski definition) is 1. The lowest BCUT2D eigenvalue weighted by Crippen LogP contribution is -2.33. The smallest absolute Gasteiger partial charge is 0.00175 e. The molecular weight excluding hydrogens is 170 g/mol. The van der Waals surface area contributed by atoms with Crippen LogP contribution in [0, 0.1) is 5.41 Å². The highest BCUT2D eigenvalue weighted by molar-refractivity contribution is 5.11. The van der Waals surface area contributed by atoms with E-state index in [1.54, 1.807) is 5.57 Å². The molecule has 1 saturated carbocycles. The topological polar surface area (TPSA) is 26.0 Å². The summed E-state index contributed by atoms with van der Waals surface area (Å²) in [6, 6.07) is 0. The maximum Gasteiger partial charge on any atom is -0.00175 e. The standard InChI is InChI=1S/C13H23N/c14-11-13(8-4-1-5-9-13)10-12-6-2-3-7-12/h6H,1-5,7-11,14H2. The maximum absolute atomic E-state index is 5.99. The van der Waals surface area contributed by atoms with Gasteiger partial charge in [0.1, 0.15) is 0 Å². The van der Waals surface area contributed by atoms with Crippen molar-refractivity contribution in [3.8, 4) is 0 Å². The van der Waals surface area contributed by atoms with Crippen molar-refractivity contribution >= 4 is 0 Å². The van der Waals surface area contributed by atoms with Gasteiger partial charge in [0.2, 0.25) is 0 Å². The molecule has 0 aliphatic heterocycles. The van der Waals surface area contributed by atoms with E-state index in [0.29, 0.717) is 5.41 Å². The first kappa shape index (κ1) is 10.2. The van der Waals surface area contributed by atoms with Gasteiger partial charge in [0.25, 0.3) is 0 Å². The SMILES string of the molecule is NCC1(CC2=CCCC2)CCCCC1. The van der Waals surface area contributed by atoms with E-state index < -0.39 is 0 Å². The van der Waals surface area contributed by atoms with E-state index in [-0.39, 0.29) is 0 Å². The van der Waals surface area contributed by atoms with Crippen LogP contribution in [0.2, 0.25) is 0 Å². The Morgan fingerprint density at radius 1 is 1.14 bits per heavy atom. The molecule has 14 heavy (non-hydrogen) atoms. The Labute approximate surface area is 87.8 Å². The molecule has 0 unspecified atom stereocenters. The fraction of sp³-hybridized carbons (Fsp3) is 0.846. The van der Waals surface area contributed by atoms with Gasteiger partial charge in [-0.2, -0.15) is 0 Å². The highest BCUT2D eigenvalue weighted by Gasteiger charge is 2.31. The van der Waals surface area contributed by atoms with Crippen LogP contribution >= 0.6 is 0 Å². The van der Waals surface area contributed by atoms with Gasteiger partial charge in [-0.05, 0) is 50.5 Å². The monoisotopic (exact) mass is 193 g/mol. The first-order chi connectivity index (χ1) is 6.85. The summed E-state index contributed by atoms with van der Waals surface area (Å²) in [5.74, 6) is 0. The summed E-state index contributed by atoms with van der Waals surface area (Å²) in [4.78, 5) is 0. The van der Waals surface area contributed by atoms with E-state index in [0.717, 1.165) is 6.54 Å². The van der Waals surface area contributed by atoms with E-state index in [9.17, 15) is 0 Å². The van der Waals surface area contributed by atoms with Gasteiger partial charge in [0.15, 0.2) is 0 Å². The molecule has 1 heteroatoms. The van der Waals surface area contributed by atoms with Crippen LogP contribution in [0.1, 0.15) is 57.8 Å². The first-order valence-corrected chi connectivity index (χ1v) is 6.23. The third-order valence-electron chi connectivity index (χ3n) is 4.08. The fourth-order valence-corrected chi connectivity index (χ4v) is 3.13. The van der Waals surface area contributed by atoms with Crippen molar-refractivity contribution in [2.45, 2.75) is 57.8 Å². The number of rotatable bonds is 3. The molecule has 1 fully saturated rings. The zero-order valence-electron chi connectivity index (χ0n) is 9.23. The molecule has 2 N–H and O–H groups in total. The van der Waals surface area contributed by atoms with Crippen LogP contribution in [-0.4, -0.2) is 6.54 Å². The van der Waals surface area contributed by atoms with Gasteiger partial charge in [0.05, 0.1) is 0 Å². The van der Waals surface area contributed by atoms with Gasteiger partial charge in [-0.15, -0.1) is 0 Å². The molecule has 0 saturated heterocycles. The lowest BCUT2D eigenvalue weighted by Gasteiger charge is -2.36. The quantitative estimate of drug-likeness (QED) is 0.683. The number of allylic oxidation sites excluding steroid dienone is 2. The summed E-state index contributed by atoms with van der Waals surface area (Å²) in [5, 5.41) is 0. The molecule has 80 valence electrons. The molecule has 0 spiro atoms. The third-order valence-corrected chi connectivity index (χ3v) is 4.08. The van der Waals surface area contributed by atoms with Crippen LogP contribution in [0.3, 0.4) is 0 Å². The second-order valence-electron chi connectivity index (χ2n) is 5.20. The third kappa shape index (κ3) is 2.20. The van der Waals surface area contributed by atoms with Gasteiger partial charge in [-0.1, -0.05) is 30.9 Å². The van der Waals surface area contributed by atoms with Crippen molar-refractivity contribution in [3.05, 3.63) is 11.6 Å². The molecule has 0 amide bonds. The molecule has 0 heterocycles. The predicted molar refractivity (Wildman–Crippen MR) is 61.1 cm³/mol. The average molecular weight is 193 g/mol. The lowest BCUT2D eigenvalue weighted by atomic mass is 9.70. The van der Waals surface area contributed by atoms with Crippen LogP contribution in [0.25, 0.3) is 0 Å². The minimum atomic E-state index is 0.494. The second kappa shape index (κ2) is 4.48. The van der Waals surface area contributed by atoms with Crippen molar-refractivity contribution in [1.82, 2.24) is 0 Å². The summed E-state index contributed by atoms with van der Waals surface area (Å²) in [6.07, 6.45) is 14.8. The molecule has 0 aromatic rings. The Morgan fingerprint density at radius 2 is 1.93 bits per heavy atom. The molecule has 2 rings (SSSR count). The summed E-state index contributed by atoms with van der Waals surface area (Å²) in [6.45, 7) is 0.907. The van der Waals surface area contributed by atoms with Gasteiger partial charge in [-0.25, -0.2) is 0 Å². The Hall–Kier alpha value is -0.300. The minimum Gasteiger partial charge on any atom is -0.330 e. The molecule has 2 aliphatic carbocycles. The van der Waals surface area contributed by atoms with Gasteiger partial charge in [-0.3, -0.25) is 0 Å². The zero-order chi connectivity index (χ0) is 9.86. The van der Waals surface area contributed by atoms with Crippen LogP contribution in [0.5, 0.6) is 0 Å². The molecule has 2 aliphatic rings. The predicted octanol–water partition coefficient (Wildman–Crippen LogP) is 3.40. The van der Waals surface area contributed by atoms with Gasteiger partial charge >= 0.3 is 0 Å². The Morgan fingerprint density at radius 3 is 2.50 bits per heavy atom. The van der Waals surface area contributed by atoms with Gasteiger partial charge in [0, 0.05) is 0 Å². The Bertz CT molecular complexity index is 211. The van der Waals surface area contributed by atoms with Crippen molar-refractivity contribution in [2.75, 3.05) is 6.54 Å². The minimum absolute atomic E-state index is 0.494. The molecule has 0 aromatic carbocycles. The maximum atomic E-state index is 5.99. The van der Waals surface area contributed by atoms with E-state index in [4.69, 9.17) is 5.73 Å². The summed E-state index contributed by atoms with van der Waals surface area (Å²) >= 11 is 0. The van der Waals surface area contributed by atoms with Crippen LogP contribution in [0.15, 0.2) is 11.6 Å². The summed E-state index contributed by atoms with van der Waals surface area (Å²) in [7, 11) is 0. The normalized spacial score (nSPS) is 26.2. The van der Waals surface area contributed by atoms with E-state index in [1.165, 1.54) is 57.8 Å². The fourth-order valence-electron chi connectivity index (χ4n) is 3.13. The molecule has 0 aromatic heterocycles. The highest BCUT2D eigenvalue weighted by atomic mass is 14.6. The first-order valence-electron chi connectivity index (χ1n) is 6.23. The zero-order valence-corrected chi connectivity index (χ0v) is 9.23. The number of nitrogens with two attached hydrogens (primary N) is 1. The average Bonchev–Trinajstić information content (AvgIpc) is 2.72. The lowest BCUT2D eigenvalue weighted by molar-refractivity contribution is 0.196. The van der Waals surface area contributed by atoms with Crippen molar-refractivity contribution in [3.63, 3.8) is 0 Å².